The predicted molar refractivity (Wildman–Crippen MR) is 86.5 cm³/mol. The number of allylic oxidation sites excluding steroid dienone is 2. The SMILES string of the molecule is Cc1cc(C)c2c(c1)C1C=CCC1C(c1cccnc1)N2. The maximum absolute atomic E-state index is 4.31. The molecule has 2 nitrogen and oxygen atoms in total. The monoisotopic (exact) mass is 276 g/mol. The first-order chi connectivity index (χ1) is 10.2. The molecular weight excluding hydrogens is 256 g/mol. The van der Waals surface area contributed by atoms with Gasteiger partial charge in [0, 0.05) is 24.0 Å². The Morgan fingerprint density at radius 3 is 2.95 bits per heavy atom. The van der Waals surface area contributed by atoms with Crippen LogP contribution in [0.5, 0.6) is 0 Å². The number of aromatic nitrogens is 1. The first-order valence-corrected chi connectivity index (χ1v) is 7.68. The molecule has 21 heavy (non-hydrogen) atoms. The Balaban J connectivity index is 1.84. The standard InChI is InChI=1S/C19H20N2/c1-12-9-13(2)18-17(10-12)15-6-3-7-16(15)19(21-18)14-5-4-8-20-11-14/h3-6,8-11,15-16,19,21H,7H2,1-2H3. The van der Waals surface area contributed by atoms with Crippen LogP contribution in [-0.4, -0.2) is 4.98 Å². The highest BCUT2D eigenvalue weighted by atomic mass is 15.0. The highest BCUT2D eigenvalue weighted by Gasteiger charge is 2.38. The molecule has 0 amide bonds. The molecule has 1 N–H and O–H groups in total. The number of aryl methyl sites for hydroxylation is 2. The Hall–Kier alpha value is -2.09. The zero-order valence-corrected chi connectivity index (χ0v) is 12.5. The molecule has 1 aliphatic heterocycles. The molecule has 2 heteroatoms. The fourth-order valence-electron chi connectivity index (χ4n) is 3.96. The summed E-state index contributed by atoms with van der Waals surface area (Å²) in [7, 11) is 0. The number of pyridine rings is 1. The number of nitrogens with zero attached hydrogens (tertiary/aromatic N) is 1. The van der Waals surface area contributed by atoms with Crippen molar-refractivity contribution < 1.29 is 0 Å². The lowest BCUT2D eigenvalue weighted by Gasteiger charge is -2.38. The van der Waals surface area contributed by atoms with E-state index in [0.29, 0.717) is 17.9 Å². The van der Waals surface area contributed by atoms with Gasteiger partial charge in [-0.15, -0.1) is 0 Å². The molecule has 2 aliphatic rings. The summed E-state index contributed by atoms with van der Waals surface area (Å²) < 4.78 is 0. The van der Waals surface area contributed by atoms with Crippen molar-refractivity contribution in [3.63, 3.8) is 0 Å². The molecule has 2 heterocycles. The van der Waals surface area contributed by atoms with Crippen LogP contribution in [0.15, 0.2) is 48.8 Å². The zero-order valence-electron chi connectivity index (χ0n) is 12.5. The van der Waals surface area contributed by atoms with Gasteiger partial charge in [-0.25, -0.2) is 0 Å². The van der Waals surface area contributed by atoms with Crippen LogP contribution in [0.2, 0.25) is 0 Å². The second kappa shape index (κ2) is 4.73. The average Bonchev–Trinajstić information content (AvgIpc) is 2.97. The van der Waals surface area contributed by atoms with Crippen LogP contribution in [0.25, 0.3) is 0 Å². The first-order valence-electron chi connectivity index (χ1n) is 7.68. The molecule has 0 bridgehead atoms. The Morgan fingerprint density at radius 2 is 2.14 bits per heavy atom. The van der Waals surface area contributed by atoms with E-state index in [2.05, 4.69) is 54.5 Å². The van der Waals surface area contributed by atoms with Gasteiger partial charge in [-0.1, -0.05) is 35.9 Å². The number of fused-ring (bicyclic) bond motifs is 3. The van der Waals surface area contributed by atoms with Gasteiger partial charge in [-0.05, 0) is 48.9 Å². The van der Waals surface area contributed by atoms with Crippen molar-refractivity contribution in [3.8, 4) is 0 Å². The average molecular weight is 276 g/mol. The lowest BCUT2D eigenvalue weighted by atomic mass is 9.76. The van der Waals surface area contributed by atoms with Crippen molar-refractivity contribution in [1.29, 1.82) is 0 Å². The van der Waals surface area contributed by atoms with Crippen LogP contribution in [0, 0.1) is 19.8 Å². The molecule has 2 aromatic rings. The molecule has 0 radical (unpaired) electrons. The second-order valence-corrected chi connectivity index (χ2v) is 6.31. The summed E-state index contributed by atoms with van der Waals surface area (Å²) in [6, 6.07) is 9.20. The number of benzene rings is 1. The topological polar surface area (TPSA) is 24.9 Å². The van der Waals surface area contributed by atoms with Gasteiger partial charge < -0.3 is 5.32 Å². The number of anilines is 1. The van der Waals surface area contributed by atoms with E-state index in [1.807, 2.05) is 18.5 Å². The van der Waals surface area contributed by atoms with Crippen LogP contribution in [0.3, 0.4) is 0 Å². The molecule has 3 atom stereocenters. The Morgan fingerprint density at radius 1 is 1.24 bits per heavy atom. The normalized spacial score (nSPS) is 26.1. The van der Waals surface area contributed by atoms with Crippen molar-refractivity contribution in [2.45, 2.75) is 32.2 Å². The van der Waals surface area contributed by atoms with Crippen molar-refractivity contribution in [2.75, 3.05) is 5.32 Å². The van der Waals surface area contributed by atoms with E-state index in [0.717, 1.165) is 6.42 Å². The summed E-state index contributed by atoms with van der Waals surface area (Å²) in [5.74, 6) is 1.13. The summed E-state index contributed by atoms with van der Waals surface area (Å²) in [6.07, 6.45) is 9.73. The molecule has 0 saturated heterocycles. The van der Waals surface area contributed by atoms with Crippen LogP contribution in [0.1, 0.15) is 40.6 Å². The molecule has 3 unspecified atom stereocenters. The third-order valence-corrected chi connectivity index (χ3v) is 4.85. The van der Waals surface area contributed by atoms with E-state index in [-0.39, 0.29) is 0 Å². The fraction of sp³-hybridized carbons (Fsp3) is 0.316. The summed E-state index contributed by atoms with van der Waals surface area (Å²) in [5.41, 5.74) is 6.78. The lowest BCUT2D eigenvalue weighted by molar-refractivity contribution is 0.424. The minimum absolute atomic E-state index is 0.354. The largest absolute Gasteiger partial charge is 0.377 e. The van der Waals surface area contributed by atoms with Crippen LogP contribution in [0.4, 0.5) is 5.69 Å². The third-order valence-electron chi connectivity index (χ3n) is 4.85. The molecule has 1 aliphatic carbocycles. The van der Waals surface area contributed by atoms with Crippen molar-refractivity contribution >= 4 is 5.69 Å². The molecule has 4 rings (SSSR count). The van der Waals surface area contributed by atoms with Gasteiger partial charge in [0.2, 0.25) is 0 Å². The zero-order chi connectivity index (χ0) is 14.4. The van der Waals surface area contributed by atoms with Gasteiger partial charge in [0.15, 0.2) is 0 Å². The fourth-order valence-corrected chi connectivity index (χ4v) is 3.96. The number of hydrogen-bond donors (Lipinski definition) is 1. The van der Waals surface area contributed by atoms with Crippen molar-refractivity contribution in [3.05, 3.63) is 71.1 Å². The molecule has 1 aromatic heterocycles. The summed E-state index contributed by atoms with van der Waals surface area (Å²) in [6.45, 7) is 4.40. The van der Waals surface area contributed by atoms with E-state index >= 15 is 0 Å². The van der Waals surface area contributed by atoms with E-state index in [1.54, 1.807) is 0 Å². The number of hydrogen-bond acceptors (Lipinski definition) is 2. The molecule has 1 aromatic carbocycles. The lowest BCUT2D eigenvalue weighted by Crippen LogP contribution is -2.29. The summed E-state index contributed by atoms with van der Waals surface area (Å²) in [4.78, 5) is 4.31. The van der Waals surface area contributed by atoms with Crippen LogP contribution in [-0.2, 0) is 0 Å². The Bertz CT molecular complexity index is 703. The smallest absolute Gasteiger partial charge is 0.0569 e. The Labute approximate surface area is 125 Å². The second-order valence-electron chi connectivity index (χ2n) is 6.31. The van der Waals surface area contributed by atoms with Crippen molar-refractivity contribution in [1.82, 2.24) is 4.98 Å². The van der Waals surface area contributed by atoms with E-state index in [4.69, 9.17) is 0 Å². The third kappa shape index (κ3) is 1.98. The van der Waals surface area contributed by atoms with Gasteiger partial charge in [0.05, 0.1) is 6.04 Å². The van der Waals surface area contributed by atoms with Gasteiger partial charge >= 0.3 is 0 Å². The molecule has 0 fully saturated rings. The number of rotatable bonds is 1. The highest BCUT2D eigenvalue weighted by molar-refractivity contribution is 5.64. The minimum Gasteiger partial charge on any atom is -0.377 e. The molecule has 106 valence electrons. The van der Waals surface area contributed by atoms with Gasteiger partial charge in [0.1, 0.15) is 0 Å². The quantitative estimate of drug-likeness (QED) is 0.774. The minimum atomic E-state index is 0.354. The first kappa shape index (κ1) is 12.6. The van der Waals surface area contributed by atoms with E-state index in [1.165, 1.54) is 27.9 Å². The van der Waals surface area contributed by atoms with Gasteiger partial charge in [0.25, 0.3) is 0 Å². The van der Waals surface area contributed by atoms with Crippen molar-refractivity contribution in [2.24, 2.45) is 5.92 Å². The van der Waals surface area contributed by atoms with Gasteiger partial charge in [-0.2, -0.15) is 0 Å². The maximum Gasteiger partial charge on any atom is 0.0569 e. The highest BCUT2D eigenvalue weighted by Crippen LogP contribution is 2.50. The van der Waals surface area contributed by atoms with E-state index in [9.17, 15) is 0 Å². The predicted octanol–water partition coefficient (Wildman–Crippen LogP) is 4.52. The van der Waals surface area contributed by atoms with E-state index < -0.39 is 0 Å². The van der Waals surface area contributed by atoms with Crippen LogP contribution >= 0.6 is 0 Å². The number of nitrogens with one attached hydrogen (secondary N) is 1. The Kier molecular flexibility index (Phi) is 2.85. The molecule has 0 saturated carbocycles. The van der Waals surface area contributed by atoms with Gasteiger partial charge in [-0.3, -0.25) is 4.98 Å². The maximum atomic E-state index is 4.31. The summed E-state index contributed by atoms with van der Waals surface area (Å²) >= 11 is 0. The molecule has 0 spiro atoms. The molecular formula is C19H20N2. The van der Waals surface area contributed by atoms with Crippen LogP contribution < -0.4 is 5.32 Å². The summed E-state index contributed by atoms with van der Waals surface area (Å²) in [5, 5.41) is 3.80.